The Morgan fingerprint density at radius 3 is 2.46 bits per heavy atom. The maximum Gasteiger partial charge on any atom is 0.434 e. The van der Waals surface area contributed by atoms with Gasteiger partial charge in [-0.05, 0) is 17.7 Å². The van der Waals surface area contributed by atoms with E-state index < -0.39 is 11.9 Å². The first-order valence-corrected chi connectivity index (χ1v) is 8.88. The first-order valence-electron chi connectivity index (χ1n) is 8.07. The Hall–Kier alpha value is -3.07. The third kappa shape index (κ3) is 4.42. The number of benzene rings is 2. The molecule has 3 aromatic rings. The van der Waals surface area contributed by atoms with Gasteiger partial charge in [-0.2, -0.15) is 18.3 Å². The second-order valence-electron chi connectivity index (χ2n) is 5.54. The summed E-state index contributed by atoms with van der Waals surface area (Å²) in [6, 6.07) is 13.4. The maximum absolute atomic E-state index is 13.4. The lowest BCUT2D eigenvalue weighted by Crippen LogP contribution is -2.07. The quantitative estimate of drug-likeness (QED) is 0.446. The van der Waals surface area contributed by atoms with Crippen molar-refractivity contribution in [2.45, 2.75) is 6.18 Å². The van der Waals surface area contributed by atoms with E-state index in [4.69, 9.17) is 9.47 Å². The van der Waals surface area contributed by atoms with Crippen LogP contribution in [-0.4, -0.2) is 25.4 Å². The molecule has 2 aromatic carbocycles. The molecule has 0 amide bonds. The first-order chi connectivity index (χ1) is 13.4. The van der Waals surface area contributed by atoms with Crippen LogP contribution in [0.2, 0.25) is 0 Å². The number of ether oxygens (including phenoxy) is 2. The minimum atomic E-state index is -4.56. The van der Waals surface area contributed by atoms with Gasteiger partial charge in [-0.15, -0.1) is 0 Å². The lowest BCUT2D eigenvalue weighted by atomic mass is 10.1. The van der Waals surface area contributed by atoms with Crippen LogP contribution in [0.5, 0.6) is 11.5 Å². The van der Waals surface area contributed by atoms with Gasteiger partial charge in [0.2, 0.25) is 5.13 Å². The largest absolute Gasteiger partial charge is 0.497 e. The number of thiazole rings is 1. The van der Waals surface area contributed by atoms with Gasteiger partial charge < -0.3 is 9.47 Å². The fourth-order valence-corrected chi connectivity index (χ4v) is 3.37. The second-order valence-corrected chi connectivity index (χ2v) is 6.54. The zero-order valence-corrected chi connectivity index (χ0v) is 15.8. The second kappa shape index (κ2) is 8.30. The lowest BCUT2D eigenvalue weighted by Gasteiger charge is -2.06. The molecule has 0 spiro atoms. The van der Waals surface area contributed by atoms with Gasteiger partial charge in [0.1, 0.15) is 11.5 Å². The molecule has 146 valence electrons. The fraction of sp³-hybridized carbons (Fsp3) is 0.158. The van der Waals surface area contributed by atoms with E-state index in [-0.39, 0.29) is 10.0 Å². The molecular weight excluding hydrogens is 391 g/mol. The van der Waals surface area contributed by atoms with Crippen LogP contribution in [0.25, 0.3) is 10.4 Å². The van der Waals surface area contributed by atoms with E-state index in [1.54, 1.807) is 48.5 Å². The summed E-state index contributed by atoms with van der Waals surface area (Å²) in [5.74, 6) is 1.13. The van der Waals surface area contributed by atoms with Crippen molar-refractivity contribution >= 4 is 22.7 Å². The molecule has 3 rings (SSSR count). The SMILES string of the molecule is COc1ccc(/C=N\Nc2nc(C(F)(F)F)c(-c3ccccc3)s2)c(OC)c1. The summed E-state index contributed by atoms with van der Waals surface area (Å²) >= 11 is 0.883. The number of aromatic nitrogens is 1. The summed E-state index contributed by atoms with van der Waals surface area (Å²) in [7, 11) is 3.04. The van der Waals surface area contributed by atoms with Crippen molar-refractivity contribution in [3.05, 3.63) is 59.8 Å². The van der Waals surface area contributed by atoms with E-state index >= 15 is 0 Å². The van der Waals surface area contributed by atoms with Gasteiger partial charge >= 0.3 is 6.18 Å². The molecule has 0 aliphatic carbocycles. The van der Waals surface area contributed by atoms with Crippen molar-refractivity contribution in [3.63, 3.8) is 0 Å². The topological polar surface area (TPSA) is 55.7 Å². The summed E-state index contributed by atoms with van der Waals surface area (Å²) in [5.41, 5.74) is 2.70. The number of halogens is 3. The van der Waals surface area contributed by atoms with E-state index in [2.05, 4.69) is 15.5 Å². The highest BCUT2D eigenvalue weighted by Crippen LogP contribution is 2.41. The average molecular weight is 407 g/mol. The molecule has 0 aliphatic heterocycles. The Labute approximate surface area is 163 Å². The van der Waals surface area contributed by atoms with E-state index in [0.29, 0.717) is 22.6 Å². The van der Waals surface area contributed by atoms with Crippen LogP contribution in [0, 0.1) is 0 Å². The Morgan fingerprint density at radius 2 is 1.82 bits per heavy atom. The molecule has 28 heavy (non-hydrogen) atoms. The van der Waals surface area contributed by atoms with E-state index in [0.717, 1.165) is 11.3 Å². The number of hydrogen-bond donors (Lipinski definition) is 1. The predicted molar refractivity (Wildman–Crippen MR) is 103 cm³/mol. The summed E-state index contributed by atoms with van der Waals surface area (Å²) in [4.78, 5) is 3.71. The molecule has 1 aromatic heterocycles. The van der Waals surface area contributed by atoms with Crippen LogP contribution in [0.4, 0.5) is 18.3 Å². The highest BCUT2D eigenvalue weighted by atomic mass is 32.1. The molecule has 0 aliphatic rings. The third-order valence-corrected chi connectivity index (χ3v) is 4.75. The number of methoxy groups -OCH3 is 2. The number of hydrazone groups is 1. The van der Waals surface area contributed by atoms with Crippen molar-refractivity contribution in [1.82, 2.24) is 4.98 Å². The number of alkyl halides is 3. The average Bonchev–Trinajstić information content (AvgIpc) is 3.13. The summed E-state index contributed by atoms with van der Waals surface area (Å²) in [6.07, 6.45) is -3.13. The molecule has 9 heteroatoms. The van der Waals surface area contributed by atoms with Crippen molar-refractivity contribution in [1.29, 1.82) is 0 Å². The Morgan fingerprint density at radius 1 is 1.07 bits per heavy atom. The van der Waals surface area contributed by atoms with Gasteiger partial charge in [0, 0.05) is 11.6 Å². The van der Waals surface area contributed by atoms with Crippen molar-refractivity contribution in [2.24, 2.45) is 5.10 Å². The molecule has 1 heterocycles. The van der Waals surface area contributed by atoms with Crippen molar-refractivity contribution in [3.8, 4) is 21.9 Å². The maximum atomic E-state index is 13.4. The standard InChI is InChI=1S/C19H16F3N3O2S/c1-26-14-9-8-13(15(10-14)27-2)11-23-25-18-24-17(19(20,21)22)16(28-18)12-6-4-3-5-7-12/h3-11H,1-2H3,(H,24,25)/b23-11-. The third-order valence-electron chi connectivity index (χ3n) is 3.74. The number of anilines is 1. The zero-order chi connectivity index (χ0) is 20.1. The van der Waals surface area contributed by atoms with Crippen molar-refractivity contribution in [2.75, 3.05) is 19.6 Å². The minimum absolute atomic E-state index is 0.0350. The van der Waals surface area contributed by atoms with Crippen LogP contribution < -0.4 is 14.9 Å². The molecule has 0 atom stereocenters. The Balaban J connectivity index is 1.86. The number of rotatable bonds is 6. The molecule has 0 radical (unpaired) electrons. The van der Waals surface area contributed by atoms with Gasteiger partial charge in [0.05, 0.1) is 25.3 Å². The Kier molecular flexibility index (Phi) is 5.84. The summed E-state index contributed by atoms with van der Waals surface area (Å²) in [5, 5.41) is 4.03. The predicted octanol–water partition coefficient (Wildman–Crippen LogP) is 5.29. The van der Waals surface area contributed by atoms with Crippen LogP contribution in [0.3, 0.4) is 0 Å². The van der Waals surface area contributed by atoms with E-state index in [9.17, 15) is 13.2 Å². The fourth-order valence-electron chi connectivity index (χ4n) is 2.43. The Bertz CT molecular complexity index is 972. The van der Waals surface area contributed by atoms with Crippen molar-refractivity contribution < 1.29 is 22.6 Å². The molecule has 0 saturated heterocycles. The van der Waals surface area contributed by atoms with Gasteiger partial charge in [-0.25, -0.2) is 4.98 Å². The first kappa shape index (κ1) is 19.7. The highest BCUT2D eigenvalue weighted by molar-refractivity contribution is 7.19. The normalized spacial score (nSPS) is 11.6. The number of nitrogens with one attached hydrogen (secondary N) is 1. The lowest BCUT2D eigenvalue weighted by molar-refractivity contribution is -0.140. The molecule has 0 saturated carbocycles. The molecule has 5 nitrogen and oxygen atoms in total. The minimum Gasteiger partial charge on any atom is -0.497 e. The molecule has 1 N–H and O–H groups in total. The molecular formula is C19H16F3N3O2S. The van der Waals surface area contributed by atoms with Gasteiger partial charge in [0.25, 0.3) is 0 Å². The van der Waals surface area contributed by atoms with Gasteiger partial charge in [-0.1, -0.05) is 41.7 Å². The van der Waals surface area contributed by atoms with Crippen LogP contribution in [0.1, 0.15) is 11.3 Å². The van der Waals surface area contributed by atoms with E-state index in [1.165, 1.54) is 20.4 Å². The molecule has 0 unspecified atom stereocenters. The molecule has 0 fully saturated rings. The summed E-state index contributed by atoms with van der Waals surface area (Å²) in [6.45, 7) is 0. The van der Waals surface area contributed by atoms with Crippen LogP contribution in [0.15, 0.2) is 53.6 Å². The van der Waals surface area contributed by atoms with Gasteiger partial charge in [0.15, 0.2) is 5.69 Å². The monoisotopic (exact) mass is 407 g/mol. The van der Waals surface area contributed by atoms with Crippen LogP contribution >= 0.6 is 11.3 Å². The number of hydrogen-bond acceptors (Lipinski definition) is 6. The zero-order valence-electron chi connectivity index (χ0n) is 14.9. The highest BCUT2D eigenvalue weighted by Gasteiger charge is 2.38. The number of nitrogens with zero attached hydrogens (tertiary/aromatic N) is 2. The smallest absolute Gasteiger partial charge is 0.434 e. The molecule has 0 bridgehead atoms. The van der Waals surface area contributed by atoms with Crippen LogP contribution in [-0.2, 0) is 6.18 Å². The summed E-state index contributed by atoms with van der Waals surface area (Å²) < 4.78 is 50.4. The van der Waals surface area contributed by atoms with Gasteiger partial charge in [-0.3, -0.25) is 5.43 Å². The van der Waals surface area contributed by atoms with E-state index in [1.807, 2.05) is 0 Å².